The smallest absolute Gasteiger partial charge is 0.313 e. The van der Waals surface area contributed by atoms with Crippen molar-refractivity contribution in [1.29, 1.82) is 0 Å². The maximum atomic E-state index is 12.5. The monoisotopic (exact) mass is 533 g/mol. The first-order chi connectivity index (χ1) is 16.9. The number of nitrogens with one attached hydrogen (secondary N) is 1. The molecule has 1 N–H and O–H groups in total. The molecule has 35 heavy (non-hydrogen) atoms. The van der Waals surface area contributed by atoms with Gasteiger partial charge in [-0.25, -0.2) is 0 Å². The second kappa shape index (κ2) is 11.2. The molecule has 0 bridgehead atoms. The molecule has 0 saturated heterocycles. The summed E-state index contributed by atoms with van der Waals surface area (Å²) in [5, 5.41) is 4.07. The van der Waals surface area contributed by atoms with Gasteiger partial charge in [0, 0.05) is 23.7 Å². The minimum atomic E-state index is -0.424. The van der Waals surface area contributed by atoms with Crippen LogP contribution in [0.2, 0.25) is 15.1 Å². The van der Waals surface area contributed by atoms with Crippen molar-refractivity contribution in [2.75, 3.05) is 13.2 Å². The zero-order valence-electron chi connectivity index (χ0n) is 18.8. The largest absolute Gasteiger partial charge is 0.493 e. The predicted molar refractivity (Wildman–Crippen MR) is 135 cm³/mol. The molecule has 1 amide bonds. The summed E-state index contributed by atoms with van der Waals surface area (Å²) in [6.45, 7) is 2.78. The van der Waals surface area contributed by atoms with Crippen LogP contribution in [0.15, 0.2) is 54.6 Å². The highest BCUT2D eigenvalue weighted by atomic mass is 35.5. The Morgan fingerprint density at radius 3 is 2.49 bits per heavy atom. The normalized spacial score (nSPS) is 14.5. The van der Waals surface area contributed by atoms with Crippen LogP contribution in [0, 0.1) is 0 Å². The maximum Gasteiger partial charge on any atom is 0.313 e. The van der Waals surface area contributed by atoms with Crippen LogP contribution < -0.4 is 14.8 Å². The standard InChI is InChI=1S/C26H22Cl3NO5/c1-2-33-26(32)18-9-10-34-23-13-24(22(29)12-19(18)23)35-17-6-4-16(5-7-17)25(31)30-14-15-3-8-20(27)21(28)11-15/h3-8,11-13,18H,2,9-10,14H2,1H3,(H,30,31). The third kappa shape index (κ3) is 6.01. The molecule has 1 unspecified atom stereocenters. The minimum Gasteiger partial charge on any atom is -0.493 e. The van der Waals surface area contributed by atoms with Gasteiger partial charge in [0.15, 0.2) is 0 Å². The summed E-state index contributed by atoms with van der Waals surface area (Å²) in [5.41, 5.74) is 1.98. The molecular formula is C26H22Cl3NO5. The first-order valence-corrected chi connectivity index (χ1v) is 12.1. The average molecular weight is 535 g/mol. The molecule has 0 spiro atoms. The van der Waals surface area contributed by atoms with E-state index in [4.69, 9.17) is 49.0 Å². The summed E-state index contributed by atoms with van der Waals surface area (Å²) in [6, 6.07) is 15.2. The quantitative estimate of drug-likeness (QED) is 0.338. The highest BCUT2D eigenvalue weighted by molar-refractivity contribution is 6.42. The molecule has 4 rings (SSSR count). The topological polar surface area (TPSA) is 73.9 Å². The molecule has 1 aliphatic rings. The van der Waals surface area contributed by atoms with E-state index in [-0.39, 0.29) is 11.9 Å². The summed E-state index contributed by atoms with van der Waals surface area (Å²) >= 11 is 18.4. The second-order valence-electron chi connectivity index (χ2n) is 7.82. The molecular weight excluding hydrogens is 513 g/mol. The van der Waals surface area contributed by atoms with Crippen molar-refractivity contribution in [1.82, 2.24) is 5.32 Å². The number of esters is 1. The van der Waals surface area contributed by atoms with Gasteiger partial charge in [-0.3, -0.25) is 9.59 Å². The van der Waals surface area contributed by atoms with Gasteiger partial charge >= 0.3 is 5.97 Å². The van der Waals surface area contributed by atoms with E-state index >= 15 is 0 Å². The fourth-order valence-corrected chi connectivity index (χ4v) is 4.22. The minimum absolute atomic E-state index is 0.243. The summed E-state index contributed by atoms with van der Waals surface area (Å²) < 4.78 is 16.8. The maximum absolute atomic E-state index is 12.5. The Balaban J connectivity index is 1.42. The molecule has 0 fully saturated rings. The van der Waals surface area contributed by atoms with E-state index in [1.807, 2.05) is 0 Å². The molecule has 1 aliphatic heterocycles. The molecule has 1 atom stereocenters. The van der Waals surface area contributed by atoms with Crippen LogP contribution in [0.1, 0.15) is 40.7 Å². The van der Waals surface area contributed by atoms with Crippen molar-refractivity contribution in [3.63, 3.8) is 0 Å². The Morgan fingerprint density at radius 2 is 1.77 bits per heavy atom. The summed E-state index contributed by atoms with van der Waals surface area (Å²) in [5.74, 6) is 0.444. The van der Waals surface area contributed by atoms with Gasteiger partial charge in [-0.2, -0.15) is 0 Å². The molecule has 9 heteroatoms. The molecule has 0 aliphatic carbocycles. The lowest BCUT2D eigenvalue weighted by Gasteiger charge is -2.25. The van der Waals surface area contributed by atoms with Gasteiger partial charge in [0.25, 0.3) is 5.91 Å². The lowest BCUT2D eigenvalue weighted by Crippen LogP contribution is -2.23. The van der Waals surface area contributed by atoms with Crippen molar-refractivity contribution in [2.45, 2.75) is 25.8 Å². The molecule has 0 saturated carbocycles. The number of fused-ring (bicyclic) bond motifs is 1. The summed E-state index contributed by atoms with van der Waals surface area (Å²) in [6.07, 6.45) is 0.525. The Hall–Kier alpha value is -2.93. The number of halogens is 3. The first kappa shape index (κ1) is 25.2. The number of amides is 1. The molecule has 3 aromatic rings. The van der Waals surface area contributed by atoms with E-state index in [0.29, 0.717) is 69.6 Å². The van der Waals surface area contributed by atoms with Crippen molar-refractivity contribution < 1.29 is 23.8 Å². The number of rotatable bonds is 7. The van der Waals surface area contributed by atoms with E-state index in [9.17, 15) is 9.59 Å². The lowest BCUT2D eigenvalue weighted by molar-refractivity contribution is -0.145. The molecule has 3 aromatic carbocycles. The zero-order chi connectivity index (χ0) is 24.9. The van der Waals surface area contributed by atoms with Crippen molar-refractivity contribution >= 4 is 46.7 Å². The Morgan fingerprint density at radius 1 is 1.00 bits per heavy atom. The Labute approximate surface area is 218 Å². The van der Waals surface area contributed by atoms with E-state index in [1.54, 1.807) is 61.5 Å². The summed E-state index contributed by atoms with van der Waals surface area (Å²) in [7, 11) is 0. The molecule has 0 aromatic heterocycles. The van der Waals surface area contributed by atoms with Crippen LogP contribution in [0.25, 0.3) is 0 Å². The highest BCUT2D eigenvalue weighted by Crippen LogP contribution is 2.42. The SMILES string of the molecule is CCOC(=O)C1CCOc2cc(Oc3ccc(C(=O)NCc4ccc(Cl)c(Cl)c4)cc3)c(Cl)cc21. The van der Waals surface area contributed by atoms with Gasteiger partial charge in [0.1, 0.15) is 17.2 Å². The number of ether oxygens (including phenoxy) is 3. The number of carbonyl (C=O) groups is 2. The van der Waals surface area contributed by atoms with Gasteiger partial charge in [0.05, 0.1) is 34.2 Å². The van der Waals surface area contributed by atoms with Crippen molar-refractivity contribution in [3.05, 3.63) is 86.4 Å². The molecule has 6 nitrogen and oxygen atoms in total. The van der Waals surface area contributed by atoms with Crippen LogP contribution >= 0.6 is 34.8 Å². The number of hydrogen-bond donors (Lipinski definition) is 1. The van der Waals surface area contributed by atoms with E-state index in [0.717, 1.165) is 5.56 Å². The van der Waals surface area contributed by atoms with Crippen molar-refractivity contribution in [3.8, 4) is 17.2 Å². The van der Waals surface area contributed by atoms with Gasteiger partial charge in [-0.15, -0.1) is 0 Å². The molecule has 182 valence electrons. The Bertz CT molecular complexity index is 1250. The van der Waals surface area contributed by atoms with E-state index in [1.165, 1.54) is 0 Å². The Kier molecular flexibility index (Phi) is 8.06. The lowest BCUT2D eigenvalue weighted by atomic mass is 9.93. The van der Waals surface area contributed by atoms with Gasteiger partial charge < -0.3 is 19.5 Å². The third-order valence-corrected chi connectivity index (χ3v) is 6.49. The molecule has 1 heterocycles. The fourth-order valence-electron chi connectivity index (χ4n) is 3.69. The van der Waals surface area contributed by atoms with E-state index < -0.39 is 5.92 Å². The molecule has 0 radical (unpaired) electrons. The van der Waals surface area contributed by atoms with Crippen LogP contribution in [0.5, 0.6) is 17.2 Å². The van der Waals surface area contributed by atoms with Gasteiger partial charge in [-0.1, -0.05) is 40.9 Å². The number of carbonyl (C=O) groups excluding carboxylic acids is 2. The van der Waals surface area contributed by atoms with Crippen LogP contribution in [-0.2, 0) is 16.1 Å². The zero-order valence-corrected chi connectivity index (χ0v) is 21.0. The first-order valence-electron chi connectivity index (χ1n) is 11.0. The third-order valence-electron chi connectivity index (χ3n) is 5.46. The average Bonchev–Trinajstić information content (AvgIpc) is 2.85. The van der Waals surface area contributed by atoms with E-state index in [2.05, 4.69) is 5.32 Å². The number of benzene rings is 3. The second-order valence-corrected chi connectivity index (χ2v) is 9.04. The van der Waals surface area contributed by atoms with Crippen LogP contribution in [0.4, 0.5) is 0 Å². The number of hydrogen-bond acceptors (Lipinski definition) is 5. The van der Waals surface area contributed by atoms with Gasteiger partial charge in [-0.05, 0) is 61.4 Å². The fraction of sp³-hybridized carbons (Fsp3) is 0.231. The van der Waals surface area contributed by atoms with Crippen molar-refractivity contribution in [2.24, 2.45) is 0 Å². The van der Waals surface area contributed by atoms with Crippen LogP contribution in [-0.4, -0.2) is 25.1 Å². The highest BCUT2D eigenvalue weighted by Gasteiger charge is 2.30. The van der Waals surface area contributed by atoms with Gasteiger partial charge in [0.2, 0.25) is 0 Å². The summed E-state index contributed by atoms with van der Waals surface area (Å²) in [4.78, 5) is 24.8. The predicted octanol–water partition coefficient (Wildman–Crippen LogP) is 6.80. The van der Waals surface area contributed by atoms with Crippen LogP contribution in [0.3, 0.4) is 0 Å².